The predicted molar refractivity (Wildman–Crippen MR) is 75.5 cm³/mol. The van der Waals surface area contributed by atoms with Gasteiger partial charge < -0.3 is 4.90 Å². The summed E-state index contributed by atoms with van der Waals surface area (Å²) in [7, 11) is 0. The topological polar surface area (TPSA) is 20.3 Å². The number of nitrogens with zero attached hydrogens (tertiary/aromatic N) is 1. The first-order valence-corrected chi connectivity index (χ1v) is 6.55. The number of carbonyl (C=O) groups is 1. The highest BCUT2D eigenvalue weighted by molar-refractivity contribution is 6.12. The van der Waals surface area contributed by atoms with E-state index in [-0.39, 0.29) is 5.91 Å². The summed E-state index contributed by atoms with van der Waals surface area (Å²) in [6.07, 6.45) is 3.06. The second-order valence-corrected chi connectivity index (χ2v) is 4.98. The Morgan fingerprint density at radius 3 is 2.53 bits per heavy atom. The Morgan fingerprint density at radius 2 is 1.63 bits per heavy atom. The van der Waals surface area contributed by atoms with Gasteiger partial charge in [0, 0.05) is 17.7 Å². The summed E-state index contributed by atoms with van der Waals surface area (Å²) in [6, 6.07) is 16.2. The lowest BCUT2D eigenvalue weighted by Crippen LogP contribution is -2.24. The summed E-state index contributed by atoms with van der Waals surface area (Å²) in [4.78, 5) is 14.3. The quantitative estimate of drug-likeness (QED) is 0.700. The Hall–Kier alpha value is -2.35. The van der Waals surface area contributed by atoms with E-state index in [1.807, 2.05) is 35.2 Å². The van der Waals surface area contributed by atoms with Crippen LogP contribution in [0.4, 0.5) is 0 Å². The number of amides is 1. The molecule has 0 aromatic heterocycles. The highest BCUT2D eigenvalue weighted by Crippen LogP contribution is 2.36. The molecule has 19 heavy (non-hydrogen) atoms. The summed E-state index contributed by atoms with van der Waals surface area (Å²) in [5, 5.41) is 0. The SMILES string of the molecule is O=C1c2ccccc2C2=Cc3ccccc3CCN12. The van der Waals surface area contributed by atoms with Crippen LogP contribution in [0.15, 0.2) is 48.5 Å². The van der Waals surface area contributed by atoms with Crippen molar-refractivity contribution in [2.75, 3.05) is 6.54 Å². The molecule has 0 radical (unpaired) electrons. The first kappa shape index (κ1) is 10.6. The molecule has 0 fully saturated rings. The molecule has 0 aliphatic carbocycles. The van der Waals surface area contributed by atoms with Gasteiger partial charge in [0.2, 0.25) is 0 Å². The lowest BCUT2D eigenvalue weighted by molar-refractivity contribution is 0.0852. The van der Waals surface area contributed by atoms with Gasteiger partial charge in [0.1, 0.15) is 0 Å². The minimum Gasteiger partial charge on any atom is -0.307 e. The van der Waals surface area contributed by atoms with Crippen LogP contribution in [0.3, 0.4) is 0 Å². The van der Waals surface area contributed by atoms with E-state index in [2.05, 4.69) is 24.3 Å². The molecule has 0 spiro atoms. The number of fused-ring (bicyclic) bond motifs is 4. The van der Waals surface area contributed by atoms with E-state index >= 15 is 0 Å². The van der Waals surface area contributed by atoms with Crippen LogP contribution in [-0.2, 0) is 6.42 Å². The van der Waals surface area contributed by atoms with E-state index < -0.39 is 0 Å². The standard InChI is InChI=1S/C17H13NO/c19-17-15-8-4-3-7-14(15)16-11-13-6-2-1-5-12(13)9-10-18(16)17/h1-8,11H,9-10H2. The third kappa shape index (κ3) is 1.46. The summed E-state index contributed by atoms with van der Waals surface area (Å²) in [5.74, 6) is 0.134. The van der Waals surface area contributed by atoms with Crippen molar-refractivity contribution in [2.24, 2.45) is 0 Å². The van der Waals surface area contributed by atoms with Crippen molar-refractivity contribution in [1.82, 2.24) is 4.90 Å². The molecule has 0 saturated heterocycles. The first-order valence-electron chi connectivity index (χ1n) is 6.55. The first-order chi connectivity index (χ1) is 9.34. The zero-order chi connectivity index (χ0) is 12.8. The summed E-state index contributed by atoms with van der Waals surface area (Å²) >= 11 is 0. The lowest BCUT2D eigenvalue weighted by atomic mass is 10.0. The fourth-order valence-electron chi connectivity index (χ4n) is 2.95. The molecule has 2 aliphatic rings. The molecule has 0 bridgehead atoms. The predicted octanol–water partition coefficient (Wildman–Crippen LogP) is 3.20. The highest BCUT2D eigenvalue weighted by Gasteiger charge is 2.32. The number of benzene rings is 2. The third-order valence-corrected chi connectivity index (χ3v) is 3.92. The molecule has 0 saturated carbocycles. The normalized spacial score (nSPS) is 16.3. The zero-order valence-electron chi connectivity index (χ0n) is 10.5. The summed E-state index contributed by atoms with van der Waals surface area (Å²) in [5.41, 5.74) is 5.47. The van der Waals surface area contributed by atoms with Crippen LogP contribution in [0, 0.1) is 0 Å². The number of carbonyl (C=O) groups excluding carboxylic acids is 1. The Balaban J connectivity index is 1.96. The highest BCUT2D eigenvalue weighted by atomic mass is 16.2. The van der Waals surface area contributed by atoms with E-state index in [0.717, 1.165) is 29.8 Å². The van der Waals surface area contributed by atoms with E-state index in [4.69, 9.17) is 0 Å². The number of hydrogen-bond donors (Lipinski definition) is 0. The van der Waals surface area contributed by atoms with Crippen molar-refractivity contribution >= 4 is 17.7 Å². The average molecular weight is 247 g/mol. The van der Waals surface area contributed by atoms with Gasteiger partial charge in [0.05, 0.1) is 5.70 Å². The van der Waals surface area contributed by atoms with Crippen molar-refractivity contribution in [3.05, 3.63) is 70.8 Å². The zero-order valence-corrected chi connectivity index (χ0v) is 10.5. The van der Waals surface area contributed by atoms with Crippen molar-refractivity contribution in [2.45, 2.75) is 6.42 Å². The molecular formula is C17H13NO. The Bertz CT molecular complexity index is 715. The minimum absolute atomic E-state index is 0.134. The fourth-order valence-corrected chi connectivity index (χ4v) is 2.95. The molecule has 2 aromatic carbocycles. The second-order valence-electron chi connectivity index (χ2n) is 4.98. The summed E-state index contributed by atoms with van der Waals surface area (Å²) < 4.78 is 0. The van der Waals surface area contributed by atoms with Crippen LogP contribution in [0.2, 0.25) is 0 Å². The van der Waals surface area contributed by atoms with Crippen LogP contribution in [0.1, 0.15) is 27.0 Å². The number of hydrogen-bond acceptors (Lipinski definition) is 1. The molecule has 0 unspecified atom stereocenters. The van der Waals surface area contributed by atoms with Crippen LogP contribution in [0.5, 0.6) is 0 Å². The lowest BCUT2D eigenvalue weighted by Gasteiger charge is -2.15. The van der Waals surface area contributed by atoms with Crippen molar-refractivity contribution in [3.8, 4) is 0 Å². The molecule has 2 aliphatic heterocycles. The molecular weight excluding hydrogens is 234 g/mol. The van der Waals surface area contributed by atoms with Crippen molar-refractivity contribution < 1.29 is 4.79 Å². The molecule has 2 nitrogen and oxygen atoms in total. The van der Waals surface area contributed by atoms with E-state index in [1.54, 1.807) is 0 Å². The van der Waals surface area contributed by atoms with Crippen molar-refractivity contribution in [1.29, 1.82) is 0 Å². The minimum atomic E-state index is 0.134. The van der Waals surface area contributed by atoms with Crippen LogP contribution < -0.4 is 0 Å². The molecule has 2 heterocycles. The van der Waals surface area contributed by atoms with Gasteiger partial charge in [-0.3, -0.25) is 4.79 Å². The smallest absolute Gasteiger partial charge is 0.258 e. The Labute approximate surface area is 112 Å². The molecule has 0 N–H and O–H groups in total. The summed E-state index contributed by atoms with van der Waals surface area (Å²) in [6.45, 7) is 0.760. The van der Waals surface area contributed by atoms with Gasteiger partial charge >= 0.3 is 0 Å². The maximum absolute atomic E-state index is 12.4. The molecule has 4 rings (SSSR count). The van der Waals surface area contributed by atoms with Gasteiger partial charge in [0.15, 0.2) is 0 Å². The maximum atomic E-state index is 12.4. The maximum Gasteiger partial charge on any atom is 0.258 e. The van der Waals surface area contributed by atoms with Crippen LogP contribution in [0.25, 0.3) is 11.8 Å². The molecule has 92 valence electrons. The van der Waals surface area contributed by atoms with E-state index in [1.165, 1.54) is 11.1 Å². The fraction of sp³-hybridized carbons (Fsp3) is 0.118. The van der Waals surface area contributed by atoms with Gasteiger partial charge in [-0.1, -0.05) is 42.5 Å². The van der Waals surface area contributed by atoms with Gasteiger partial charge in [-0.15, -0.1) is 0 Å². The number of rotatable bonds is 0. The molecule has 2 heteroatoms. The van der Waals surface area contributed by atoms with Gasteiger partial charge in [-0.25, -0.2) is 0 Å². The monoisotopic (exact) mass is 247 g/mol. The van der Waals surface area contributed by atoms with Crippen LogP contribution in [-0.4, -0.2) is 17.4 Å². The Kier molecular flexibility index (Phi) is 2.12. The molecule has 1 amide bonds. The van der Waals surface area contributed by atoms with Gasteiger partial charge in [0.25, 0.3) is 5.91 Å². The molecule has 0 atom stereocenters. The van der Waals surface area contributed by atoms with Gasteiger partial charge in [-0.05, 0) is 29.7 Å². The van der Waals surface area contributed by atoms with E-state index in [9.17, 15) is 4.79 Å². The Morgan fingerprint density at radius 1 is 0.895 bits per heavy atom. The largest absolute Gasteiger partial charge is 0.307 e. The molecule has 2 aromatic rings. The van der Waals surface area contributed by atoms with Crippen molar-refractivity contribution in [3.63, 3.8) is 0 Å². The third-order valence-electron chi connectivity index (χ3n) is 3.92. The average Bonchev–Trinajstić information content (AvgIpc) is 2.63. The van der Waals surface area contributed by atoms with Gasteiger partial charge in [-0.2, -0.15) is 0 Å². The van der Waals surface area contributed by atoms with E-state index in [0.29, 0.717) is 0 Å². The van der Waals surface area contributed by atoms with Crippen LogP contribution >= 0.6 is 0 Å². The second kappa shape index (κ2) is 3.82.